The minimum absolute atomic E-state index is 0.0232. The van der Waals surface area contributed by atoms with Crippen LogP contribution in [0.4, 0.5) is 3.89 Å². The van der Waals surface area contributed by atoms with Gasteiger partial charge in [-0.1, -0.05) is 12.1 Å². The van der Waals surface area contributed by atoms with Crippen LogP contribution in [0.5, 0.6) is 5.75 Å². The molecule has 1 N–H and O–H groups in total. The van der Waals surface area contributed by atoms with Gasteiger partial charge in [-0.05, 0) is 17.7 Å². The van der Waals surface area contributed by atoms with Gasteiger partial charge in [0.15, 0.2) is 0 Å². The standard InChI is InChI=1S/C7H7FO3S/c8-12(10,11)5-6-1-3-7(9)4-2-6/h1-4,9H,5H2. The molecule has 0 aromatic heterocycles. The smallest absolute Gasteiger partial charge is 0.306 e. The van der Waals surface area contributed by atoms with E-state index >= 15 is 0 Å². The molecule has 0 saturated carbocycles. The number of phenolic OH excluding ortho intramolecular Hbond substituents is 1. The van der Waals surface area contributed by atoms with Crippen LogP contribution in [-0.4, -0.2) is 13.5 Å². The van der Waals surface area contributed by atoms with Gasteiger partial charge in [0.25, 0.3) is 0 Å². The molecule has 0 bridgehead atoms. The van der Waals surface area contributed by atoms with Gasteiger partial charge in [0, 0.05) is 0 Å². The Balaban J connectivity index is 2.85. The monoisotopic (exact) mass is 190 g/mol. The van der Waals surface area contributed by atoms with E-state index in [0.29, 0.717) is 5.56 Å². The van der Waals surface area contributed by atoms with Crippen molar-refractivity contribution in [1.29, 1.82) is 0 Å². The van der Waals surface area contributed by atoms with Gasteiger partial charge in [-0.2, -0.15) is 8.42 Å². The van der Waals surface area contributed by atoms with Gasteiger partial charge in [-0.15, -0.1) is 3.89 Å². The van der Waals surface area contributed by atoms with Gasteiger partial charge in [-0.25, -0.2) is 0 Å². The first-order chi connectivity index (χ1) is 5.47. The SMILES string of the molecule is O=S(=O)(F)Cc1ccc(O)cc1. The van der Waals surface area contributed by atoms with E-state index in [2.05, 4.69) is 0 Å². The first-order valence-corrected chi connectivity index (χ1v) is 4.73. The number of hydrogen-bond donors (Lipinski definition) is 1. The van der Waals surface area contributed by atoms with Crippen molar-refractivity contribution in [3.8, 4) is 5.75 Å². The lowest BCUT2D eigenvalue weighted by Crippen LogP contribution is -1.95. The van der Waals surface area contributed by atoms with E-state index in [1.54, 1.807) is 0 Å². The Hall–Kier alpha value is -1.10. The molecule has 1 rings (SSSR count). The van der Waals surface area contributed by atoms with E-state index in [9.17, 15) is 12.3 Å². The van der Waals surface area contributed by atoms with Crippen molar-refractivity contribution in [2.45, 2.75) is 5.75 Å². The number of aromatic hydroxyl groups is 1. The summed E-state index contributed by atoms with van der Waals surface area (Å²) in [5, 5.41) is 8.81. The lowest BCUT2D eigenvalue weighted by Gasteiger charge is -1.96. The van der Waals surface area contributed by atoms with Gasteiger partial charge < -0.3 is 5.11 Å². The van der Waals surface area contributed by atoms with Gasteiger partial charge in [0.05, 0.1) is 0 Å². The Morgan fingerprint density at radius 2 is 1.75 bits per heavy atom. The van der Waals surface area contributed by atoms with Crippen molar-refractivity contribution < 1.29 is 17.4 Å². The molecule has 0 saturated heterocycles. The van der Waals surface area contributed by atoms with Crippen molar-refractivity contribution in [1.82, 2.24) is 0 Å². The molecule has 0 atom stereocenters. The molecule has 5 heteroatoms. The summed E-state index contributed by atoms with van der Waals surface area (Å²) in [5.74, 6) is -0.622. The molecule has 0 spiro atoms. The van der Waals surface area contributed by atoms with Crippen LogP contribution in [-0.2, 0) is 16.0 Å². The molecule has 0 unspecified atom stereocenters. The van der Waals surface area contributed by atoms with Crippen molar-refractivity contribution in [3.63, 3.8) is 0 Å². The quantitative estimate of drug-likeness (QED) is 0.713. The highest BCUT2D eigenvalue weighted by molar-refractivity contribution is 7.85. The van der Waals surface area contributed by atoms with Crippen LogP contribution in [0, 0.1) is 0 Å². The van der Waals surface area contributed by atoms with Crippen LogP contribution in [0.1, 0.15) is 5.56 Å². The highest BCUT2D eigenvalue weighted by atomic mass is 32.3. The lowest BCUT2D eigenvalue weighted by atomic mass is 10.2. The van der Waals surface area contributed by atoms with Crippen LogP contribution in [0.3, 0.4) is 0 Å². The molecule has 1 aromatic rings. The minimum Gasteiger partial charge on any atom is -0.508 e. The minimum atomic E-state index is -4.47. The predicted molar refractivity (Wildman–Crippen MR) is 41.8 cm³/mol. The number of halogens is 1. The molecule has 1 aromatic carbocycles. The second-order valence-electron chi connectivity index (χ2n) is 2.35. The summed E-state index contributed by atoms with van der Waals surface area (Å²) in [5.41, 5.74) is 0.315. The molecule has 0 heterocycles. The molecule has 0 aliphatic heterocycles. The maximum Gasteiger partial charge on any atom is 0.306 e. The fourth-order valence-corrected chi connectivity index (χ4v) is 1.38. The summed E-state index contributed by atoms with van der Waals surface area (Å²) in [4.78, 5) is 0. The first-order valence-electron chi connectivity index (χ1n) is 3.17. The molecule has 0 aliphatic rings. The maximum atomic E-state index is 12.1. The highest BCUT2D eigenvalue weighted by Crippen LogP contribution is 2.12. The third kappa shape index (κ3) is 2.87. The van der Waals surface area contributed by atoms with E-state index in [0.717, 1.165) is 0 Å². The zero-order chi connectivity index (χ0) is 9.19. The van der Waals surface area contributed by atoms with Gasteiger partial charge >= 0.3 is 10.2 Å². The largest absolute Gasteiger partial charge is 0.508 e. The number of benzene rings is 1. The van der Waals surface area contributed by atoms with Crippen LogP contribution >= 0.6 is 0 Å². The summed E-state index contributed by atoms with van der Waals surface area (Å²) < 4.78 is 32.4. The van der Waals surface area contributed by atoms with Gasteiger partial charge in [0.1, 0.15) is 11.5 Å². The molecular weight excluding hydrogens is 183 g/mol. The number of hydrogen-bond acceptors (Lipinski definition) is 3. The molecule has 0 aliphatic carbocycles. The second kappa shape index (κ2) is 3.10. The maximum absolute atomic E-state index is 12.1. The molecular formula is C7H7FO3S. The molecule has 0 radical (unpaired) electrons. The van der Waals surface area contributed by atoms with E-state index in [4.69, 9.17) is 5.11 Å². The highest BCUT2D eigenvalue weighted by Gasteiger charge is 2.07. The lowest BCUT2D eigenvalue weighted by molar-refractivity contribution is 0.475. The Bertz CT molecular complexity index is 355. The molecule has 3 nitrogen and oxygen atoms in total. The van der Waals surface area contributed by atoms with Gasteiger partial charge in [-0.3, -0.25) is 0 Å². The molecule has 0 amide bonds. The van der Waals surface area contributed by atoms with E-state index in [1.165, 1.54) is 24.3 Å². The molecule has 0 fully saturated rings. The van der Waals surface area contributed by atoms with Crippen molar-refractivity contribution in [2.75, 3.05) is 0 Å². The average molecular weight is 190 g/mol. The fourth-order valence-electron chi connectivity index (χ4n) is 0.791. The van der Waals surface area contributed by atoms with Crippen molar-refractivity contribution >= 4 is 10.2 Å². The van der Waals surface area contributed by atoms with E-state index in [-0.39, 0.29) is 5.75 Å². The van der Waals surface area contributed by atoms with E-state index in [1.807, 2.05) is 0 Å². The summed E-state index contributed by atoms with van der Waals surface area (Å²) in [6, 6.07) is 5.32. The second-order valence-corrected chi connectivity index (χ2v) is 3.72. The van der Waals surface area contributed by atoms with Crippen LogP contribution < -0.4 is 0 Å². The van der Waals surface area contributed by atoms with Gasteiger partial charge in [0.2, 0.25) is 0 Å². The average Bonchev–Trinajstić information content (AvgIpc) is 1.91. The van der Waals surface area contributed by atoms with Crippen LogP contribution in [0.25, 0.3) is 0 Å². The Morgan fingerprint density at radius 1 is 1.25 bits per heavy atom. The van der Waals surface area contributed by atoms with E-state index < -0.39 is 16.0 Å². The summed E-state index contributed by atoms with van der Waals surface area (Å²) in [6.45, 7) is 0. The third-order valence-corrected chi connectivity index (χ3v) is 1.95. The number of phenols is 1. The zero-order valence-corrected chi connectivity index (χ0v) is 6.88. The summed E-state index contributed by atoms with van der Waals surface area (Å²) in [6.07, 6.45) is 0. The predicted octanol–water partition coefficient (Wildman–Crippen LogP) is 1.19. The van der Waals surface area contributed by atoms with Crippen molar-refractivity contribution in [3.05, 3.63) is 29.8 Å². The van der Waals surface area contributed by atoms with Crippen molar-refractivity contribution in [2.24, 2.45) is 0 Å². The summed E-state index contributed by atoms with van der Waals surface area (Å²) >= 11 is 0. The normalized spacial score (nSPS) is 11.4. The Morgan fingerprint density at radius 3 is 2.17 bits per heavy atom. The fraction of sp³-hybridized carbons (Fsp3) is 0.143. The zero-order valence-electron chi connectivity index (χ0n) is 6.07. The first kappa shape index (κ1) is 8.99. The number of rotatable bonds is 2. The molecule has 12 heavy (non-hydrogen) atoms. The topological polar surface area (TPSA) is 54.4 Å². The Labute approximate surface area is 69.7 Å². The van der Waals surface area contributed by atoms with Crippen LogP contribution in [0.2, 0.25) is 0 Å². The molecule has 66 valence electrons. The summed E-state index contributed by atoms with van der Waals surface area (Å²) in [7, 11) is -4.47. The van der Waals surface area contributed by atoms with Crippen LogP contribution in [0.15, 0.2) is 24.3 Å². The third-order valence-electron chi connectivity index (χ3n) is 1.28. The Kier molecular flexibility index (Phi) is 2.32.